The fourth-order valence-electron chi connectivity index (χ4n) is 1.43. The van der Waals surface area contributed by atoms with Gasteiger partial charge in [-0.15, -0.1) is 0 Å². The Morgan fingerprint density at radius 2 is 1.85 bits per heavy atom. The van der Waals surface area contributed by atoms with Crippen molar-refractivity contribution in [3.63, 3.8) is 0 Å². The van der Waals surface area contributed by atoms with E-state index in [0.29, 0.717) is 18.0 Å². The van der Waals surface area contributed by atoms with E-state index >= 15 is 0 Å². The predicted molar refractivity (Wildman–Crippen MR) is 71.4 cm³/mol. The number of nitrogens with one attached hydrogen (secondary N) is 3. The minimum absolute atomic E-state index is 0.124. The molecule has 2 amide bonds. The van der Waals surface area contributed by atoms with Gasteiger partial charge >= 0.3 is 6.09 Å². The smallest absolute Gasteiger partial charge is 0.411 e. The maximum atomic E-state index is 11.7. The van der Waals surface area contributed by atoms with Crippen molar-refractivity contribution in [3.8, 4) is 0 Å². The maximum Gasteiger partial charge on any atom is 0.411 e. The third-order valence-corrected chi connectivity index (χ3v) is 2.29. The molecule has 0 radical (unpaired) electrons. The predicted octanol–water partition coefficient (Wildman–Crippen LogP) is 1.63. The first-order chi connectivity index (χ1) is 9.69. The summed E-state index contributed by atoms with van der Waals surface area (Å²) in [6.07, 6.45) is 0.729. The molecule has 0 saturated heterocycles. The van der Waals surface area contributed by atoms with Gasteiger partial charge in [0.25, 0.3) is 5.91 Å². The van der Waals surface area contributed by atoms with E-state index in [0.717, 1.165) is 0 Å². The van der Waals surface area contributed by atoms with Crippen LogP contribution in [-0.4, -0.2) is 33.8 Å². The fourth-order valence-corrected chi connectivity index (χ4v) is 1.43. The maximum absolute atomic E-state index is 11.7. The quantitative estimate of drug-likeness (QED) is 0.785. The molecule has 3 N–H and O–H groups in total. The summed E-state index contributed by atoms with van der Waals surface area (Å²) in [6, 6.07) is 6.59. The second-order valence-electron chi connectivity index (χ2n) is 3.71. The number of hydrogen-bond acceptors (Lipinski definition) is 5. The topological polar surface area (TPSA) is 109 Å². The van der Waals surface area contributed by atoms with Gasteiger partial charge in [0.15, 0.2) is 0 Å². The van der Waals surface area contributed by atoms with Crippen molar-refractivity contribution in [3.05, 3.63) is 36.4 Å². The fraction of sp³-hybridized carbons (Fsp3) is 0.167. The molecule has 104 valence electrons. The number of carbonyl (C=O) groups is 2. The Labute approximate surface area is 114 Å². The first-order valence-corrected chi connectivity index (χ1v) is 5.89. The number of aromatic amines is 1. The third kappa shape index (κ3) is 3.55. The average molecular weight is 275 g/mol. The molecule has 0 saturated carbocycles. The van der Waals surface area contributed by atoms with E-state index in [1.54, 1.807) is 31.2 Å². The van der Waals surface area contributed by atoms with Gasteiger partial charge in [-0.2, -0.15) is 5.10 Å². The van der Waals surface area contributed by atoms with Gasteiger partial charge in [-0.25, -0.2) is 9.78 Å². The van der Waals surface area contributed by atoms with Crippen LogP contribution in [0.25, 0.3) is 0 Å². The summed E-state index contributed by atoms with van der Waals surface area (Å²) in [5, 5.41) is 11.2. The monoisotopic (exact) mass is 275 g/mol. The molecule has 0 aliphatic heterocycles. The third-order valence-electron chi connectivity index (χ3n) is 2.29. The van der Waals surface area contributed by atoms with E-state index in [-0.39, 0.29) is 5.82 Å². The van der Waals surface area contributed by atoms with Gasteiger partial charge in [-0.05, 0) is 31.2 Å². The van der Waals surface area contributed by atoms with Gasteiger partial charge in [-0.1, -0.05) is 0 Å². The van der Waals surface area contributed by atoms with Gasteiger partial charge in [0.05, 0.1) is 6.61 Å². The highest BCUT2D eigenvalue weighted by Gasteiger charge is 2.08. The SMILES string of the molecule is CCOC(=O)Nc1ccc(NC(=O)c2ncn[nH]2)cc1. The minimum atomic E-state index is -0.522. The number of benzene rings is 1. The second kappa shape index (κ2) is 6.32. The van der Waals surface area contributed by atoms with E-state index in [4.69, 9.17) is 4.74 Å². The van der Waals surface area contributed by atoms with Crippen molar-refractivity contribution in [2.45, 2.75) is 6.92 Å². The molecule has 1 aromatic carbocycles. The summed E-state index contributed by atoms with van der Waals surface area (Å²) in [4.78, 5) is 26.6. The molecule has 0 bridgehead atoms. The number of carbonyl (C=O) groups excluding carboxylic acids is 2. The highest BCUT2D eigenvalue weighted by molar-refractivity contribution is 6.01. The normalized spacial score (nSPS) is 9.85. The highest BCUT2D eigenvalue weighted by atomic mass is 16.5. The lowest BCUT2D eigenvalue weighted by Gasteiger charge is -2.07. The van der Waals surface area contributed by atoms with Crippen LogP contribution >= 0.6 is 0 Å². The Morgan fingerprint density at radius 3 is 2.40 bits per heavy atom. The van der Waals surface area contributed by atoms with Gasteiger partial charge in [0.2, 0.25) is 5.82 Å². The Kier molecular flexibility index (Phi) is 4.28. The Morgan fingerprint density at radius 1 is 1.20 bits per heavy atom. The van der Waals surface area contributed by atoms with E-state index in [2.05, 4.69) is 25.8 Å². The molecule has 0 spiro atoms. The zero-order chi connectivity index (χ0) is 14.4. The first-order valence-electron chi connectivity index (χ1n) is 5.89. The molecule has 2 aromatic rings. The van der Waals surface area contributed by atoms with Crippen LogP contribution in [0.4, 0.5) is 16.2 Å². The zero-order valence-electron chi connectivity index (χ0n) is 10.7. The number of aromatic nitrogens is 3. The molecule has 20 heavy (non-hydrogen) atoms. The van der Waals surface area contributed by atoms with Crippen LogP contribution in [-0.2, 0) is 4.74 Å². The molecule has 0 aliphatic rings. The molecule has 0 fully saturated rings. The summed E-state index contributed by atoms with van der Waals surface area (Å²) in [6.45, 7) is 2.03. The van der Waals surface area contributed by atoms with Crippen molar-refractivity contribution in [2.24, 2.45) is 0 Å². The van der Waals surface area contributed by atoms with Crippen molar-refractivity contribution in [2.75, 3.05) is 17.2 Å². The number of hydrogen-bond donors (Lipinski definition) is 3. The molecular weight excluding hydrogens is 262 g/mol. The minimum Gasteiger partial charge on any atom is -0.450 e. The number of H-pyrrole nitrogens is 1. The summed E-state index contributed by atoms with van der Waals surface area (Å²) in [7, 11) is 0. The van der Waals surface area contributed by atoms with Gasteiger partial charge in [0.1, 0.15) is 6.33 Å². The van der Waals surface area contributed by atoms with Crippen molar-refractivity contribution < 1.29 is 14.3 Å². The lowest BCUT2D eigenvalue weighted by Crippen LogP contribution is -2.14. The lowest BCUT2D eigenvalue weighted by atomic mass is 10.3. The summed E-state index contributed by atoms with van der Waals surface area (Å²) in [5.41, 5.74) is 1.14. The van der Waals surface area contributed by atoms with Gasteiger partial charge in [0, 0.05) is 11.4 Å². The average Bonchev–Trinajstić information content (AvgIpc) is 2.95. The van der Waals surface area contributed by atoms with Crippen LogP contribution < -0.4 is 10.6 Å². The largest absolute Gasteiger partial charge is 0.450 e. The molecule has 8 nitrogen and oxygen atoms in total. The number of nitrogens with zero attached hydrogens (tertiary/aromatic N) is 2. The van der Waals surface area contributed by atoms with Crippen molar-refractivity contribution in [1.29, 1.82) is 0 Å². The molecule has 2 rings (SSSR count). The van der Waals surface area contributed by atoms with E-state index in [9.17, 15) is 9.59 Å². The Bertz CT molecular complexity index is 580. The van der Waals surface area contributed by atoms with Crippen LogP contribution in [0.15, 0.2) is 30.6 Å². The van der Waals surface area contributed by atoms with Crippen LogP contribution in [0.1, 0.15) is 17.5 Å². The van der Waals surface area contributed by atoms with Crippen LogP contribution in [0.5, 0.6) is 0 Å². The summed E-state index contributed by atoms with van der Waals surface area (Å²) in [5.74, 6) is -0.271. The molecule has 1 aromatic heterocycles. The van der Waals surface area contributed by atoms with Crippen LogP contribution in [0.3, 0.4) is 0 Å². The molecule has 8 heteroatoms. The zero-order valence-corrected chi connectivity index (χ0v) is 10.7. The van der Waals surface area contributed by atoms with Gasteiger partial charge < -0.3 is 10.1 Å². The summed E-state index contributed by atoms with van der Waals surface area (Å²) >= 11 is 0. The standard InChI is InChI=1S/C12H13N5O3/c1-2-20-12(19)16-9-5-3-8(4-6-9)15-11(18)10-13-7-14-17-10/h3-7H,2H2,1H3,(H,15,18)(H,16,19)(H,13,14,17). The first kappa shape index (κ1) is 13.5. The lowest BCUT2D eigenvalue weighted by molar-refractivity contribution is 0.101. The molecule has 0 unspecified atom stereocenters. The van der Waals surface area contributed by atoms with E-state index < -0.39 is 12.0 Å². The van der Waals surface area contributed by atoms with Crippen molar-refractivity contribution >= 4 is 23.4 Å². The number of anilines is 2. The number of rotatable bonds is 4. The van der Waals surface area contributed by atoms with Crippen LogP contribution in [0.2, 0.25) is 0 Å². The number of ether oxygens (including phenoxy) is 1. The van der Waals surface area contributed by atoms with Crippen molar-refractivity contribution in [1.82, 2.24) is 15.2 Å². The molecular formula is C12H13N5O3. The van der Waals surface area contributed by atoms with E-state index in [1.807, 2.05) is 0 Å². The molecule has 1 heterocycles. The highest BCUT2D eigenvalue weighted by Crippen LogP contribution is 2.14. The Balaban J connectivity index is 1.95. The second-order valence-corrected chi connectivity index (χ2v) is 3.71. The Hall–Kier alpha value is -2.90. The molecule has 0 aliphatic carbocycles. The van der Waals surface area contributed by atoms with E-state index in [1.165, 1.54) is 6.33 Å². The number of amides is 2. The van der Waals surface area contributed by atoms with Gasteiger partial charge in [-0.3, -0.25) is 15.2 Å². The molecule has 0 atom stereocenters. The summed E-state index contributed by atoms with van der Waals surface area (Å²) < 4.78 is 4.75. The van der Waals surface area contributed by atoms with Crippen LogP contribution in [0, 0.1) is 0 Å².